The van der Waals surface area contributed by atoms with Crippen molar-refractivity contribution in [2.45, 2.75) is 53.9 Å². The summed E-state index contributed by atoms with van der Waals surface area (Å²) in [5.41, 5.74) is 0. The molecule has 0 heterocycles. The van der Waals surface area contributed by atoms with Gasteiger partial charge in [0.1, 0.15) is 11.6 Å². The smallest absolute Gasteiger partial charge is 0.132 e. The van der Waals surface area contributed by atoms with Crippen molar-refractivity contribution in [3.63, 3.8) is 0 Å². The molecule has 0 rings (SSSR count). The molecule has 0 fully saturated rings. The second kappa shape index (κ2) is 9.43. The van der Waals surface area contributed by atoms with Crippen LogP contribution in [0.5, 0.6) is 0 Å². The van der Waals surface area contributed by atoms with Crippen LogP contribution in [0, 0.1) is 5.92 Å². The summed E-state index contributed by atoms with van der Waals surface area (Å²) in [5.74, 6) is 0.779. The predicted molar refractivity (Wildman–Crippen MR) is 55.7 cm³/mol. The number of Topliss-reactive ketones (excluding diaryl/α,β-unsaturated/α-hetero) is 2. The van der Waals surface area contributed by atoms with E-state index >= 15 is 0 Å². The van der Waals surface area contributed by atoms with Crippen LogP contribution < -0.4 is 0 Å². The van der Waals surface area contributed by atoms with Gasteiger partial charge in [0.05, 0.1) is 0 Å². The van der Waals surface area contributed by atoms with E-state index in [1.165, 1.54) is 0 Å². The molecule has 13 heavy (non-hydrogen) atoms. The lowest BCUT2D eigenvalue weighted by Crippen LogP contribution is -1.98. The third kappa shape index (κ3) is 18.4. The fourth-order valence-electron chi connectivity index (χ4n) is 0.426. The van der Waals surface area contributed by atoms with E-state index in [-0.39, 0.29) is 11.7 Å². The van der Waals surface area contributed by atoms with Crippen molar-refractivity contribution in [1.82, 2.24) is 0 Å². The van der Waals surface area contributed by atoms with Crippen LogP contribution in [0.3, 0.4) is 0 Å². The van der Waals surface area contributed by atoms with E-state index in [0.29, 0.717) is 5.78 Å². The quantitative estimate of drug-likeness (QED) is 0.676. The molecule has 2 heteroatoms. The summed E-state index contributed by atoms with van der Waals surface area (Å²) < 4.78 is 0. The highest BCUT2D eigenvalue weighted by Crippen LogP contribution is 1.92. The highest BCUT2D eigenvalue weighted by molar-refractivity contribution is 5.77. The Bertz CT molecular complexity index is 148. The minimum Gasteiger partial charge on any atom is -0.300 e. The summed E-state index contributed by atoms with van der Waals surface area (Å²) in [7, 11) is 0. The molecule has 0 saturated carbocycles. The first-order valence-electron chi connectivity index (χ1n) is 4.91. The summed E-state index contributed by atoms with van der Waals surface area (Å²) in [5, 5.41) is 0. The summed E-state index contributed by atoms with van der Waals surface area (Å²) >= 11 is 0. The Labute approximate surface area is 81.7 Å². The van der Waals surface area contributed by atoms with Crippen LogP contribution in [0.1, 0.15) is 53.9 Å². The second-order valence-corrected chi connectivity index (χ2v) is 3.57. The van der Waals surface area contributed by atoms with E-state index in [4.69, 9.17) is 0 Å². The number of ketones is 2. The van der Waals surface area contributed by atoms with E-state index in [0.717, 1.165) is 19.3 Å². The molecular weight excluding hydrogens is 164 g/mol. The third-order valence-corrected chi connectivity index (χ3v) is 1.70. The van der Waals surface area contributed by atoms with Gasteiger partial charge < -0.3 is 4.79 Å². The van der Waals surface area contributed by atoms with Gasteiger partial charge in [-0.15, -0.1) is 0 Å². The number of carbonyl (C=O) groups excluding carboxylic acids is 2. The van der Waals surface area contributed by atoms with Crippen LogP contribution in [-0.4, -0.2) is 11.6 Å². The van der Waals surface area contributed by atoms with Gasteiger partial charge in [0, 0.05) is 12.3 Å². The molecule has 0 spiro atoms. The van der Waals surface area contributed by atoms with Gasteiger partial charge in [0.25, 0.3) is 0 Å². The molecule has 0 atom stereocenters. The van der Waals surface area contributed by atoms with Gasteiger partial charge in [-0.3, -0.25) is 4.79 Å². The van der Waals surface area contributed by atoms with Crippen LogP contribution >= 0.6 is 0 Å². The predicted octanol–water partition coefficient (Wildman–Crippen LogP) is 3.00. The lowest BCUT2D eigenvalue weighted by Gasteiger charge is -1.90. The van der Waals surface area contributed by atoms with Gasteiger partial charge in [-0.1, -0.05) is 27.2 Å². The Hall–Kier alpha value is -0.660. The Morgan fingerprint density at radius 3 is 1.62 bits per heavy atom. The van der Waals surface area contributed by atoms with Crippen LogP contribution in [0.25, 0.3) is 0 Å². The van der Waals surface area contributed by atoms with Gasteiger partial charge in [-0.2, -0.15) is 0 Å². The van der Waals surface area contributed by atoms with Gasteiger partial charge in [0.2, 0.25) is 0 Å². The summed E-state index contributed by atoms with van der Waals surface area (Å²) in [6, 6.07) is 0. The van der Waals surface area contributed by atoms with Crippen molar-refractivity contribution >= 4 is 11.6 Å². The standard InChI is InChI=1S/C6H12O.C5H10O/c1-3-4-5-6(2)7;1-4(2)5(3)6/h3-5H2,1-2H3;4H,1-3H3. The normalized spacial score (nSPS) is 9.08. The van der Waals surface area contributed by atoms with Gasteiger partial charge >= 0.3 is 0 Å². The van der Waals surface area contributed by atoms with Crippen molar-refractivity contribution in [2.24, 2.45) is 5.92 Å². The number of rotatable bonds is 4. The Kier molecular flexibility index (Phi) is 10.8. The fraction of sp³-hybridized carbons (Fsp3) is 0.818. The number of hydrogen-bond acceptors (Lipinski definition) is 2. The number of hydrogen-bond donors (Lipinski definition) is 0. The van der Waals surface area contributed by atoms with Gasteiger partial charge in [-0.25, -0.2) is 0 Å². The zero-order valence-electron chi connectivity index (χ0n) is 9.52. The molecule has 0 aromatic heterocycles. The molecule has 2 nitrogen and oxygen atoms in total. The Balaban J connectivity index is 0. The lowest BCUT2D eigenvalue weighted by atomic mass is 10.1. The fourth-order valence-corrected chi connectivity index (χ4v) is 0.426. The average Bonchev–Trinajstić information content (AvgIpc) is 2.01. The Morgan fingerprint density at radius 1 is 1.15 bits per heavy atom. The van der Waals surface area contributed by atoms with E-state index in [2.05, 4.69) is 6.92 Å². The van der Waals surface area contributed by atoms with E-state index < -0.39 is 0 Å². The molecule has 0 bridgehead atoms. The molecule has 0 aliphatic carbocycles. The maximum Gasteiger partial charge on any atom is 0.132 e. The van der Waals surface area contributed by atoms with Crippen LogP contribution in [-0.2, 0) is 9.59 Å². The summed E-state index contributed by atoms with van der Waals surface area (Å²) in [6.07, 6.45) is 2.94. The molecule has 0 saturated heterocycles. The SMILES string of the molecule is CC(=O)C(C)C.CCCCC(C)=O. The van der Waals surface area contributed by atoms with E-state index in [1.807, 2.05) is 13.8 Å². The average molecular weight is 186 g/mol. The molecule has 0 aliphatic rings. The van der Waals surface area contributed by atoms with Crippen LogP contribution in [0.15, 0.2) is 0 Å². The molecule has 78 valence electrons. The van der Waals surface area contributed by atoms with Crippen molar-refractivity contribution in [3.05, 3.63) is 0 Å². The monoisotopic (exact) mass is 186 g/mol. The van der Waals surface area contributed by atoms with E-state index in [9.17, 15) is 9.59 Å². The summed E-state index contributed by atoms with van der Waals surface area (Å²) in [6.45, 7) is 9.11. The number of unbranched alkanes of at least 4 members (excludes halogenated alkanes) is 1. The topological polar surface area (TPSA) is 34.1 Å². The first kappa shape index (κ1) is 14.8. The number of carbonyl (C=O) groups is 2. The highest BCUT2D eigenvalue weighted by atomic mass is 16.1. The first-order valence-corrected chi connectivity index (χ1v) is 4.91. The van der Waals surface area contributed by atoms with Crippen molar-refractivity contribution in [3.8, 4) is 0 Å². The van der Waals surface area contributed by atoms with Gasteiger partial charge in [-0.05, 0) is 20.3 Å². The maximum absolute atomic E-state index is 10.2. The summed E-state index contributed by atoms with van der Waals surface area (Å²) in [4.78, 5) is 20.3. The van der Waals surface area contributed by atoms with Gasteiger partial charge in [0.15, 0.2) is 0 Å². The van der Waals surface area contributed by atoms with Crippen molar-refractivity contribution in [1.29, 1.82) is 0 Å². The zero-order chi connectivity index (χ0) is 10.9. The molecule has 0 amide bonds. The highest BCUT2D eigenvalue weighted by Gasteiger charge is 1.95. The van der Waals surface area contributed by atoms with E-state index in [1.54, 1.807) is 13.8 Å². The zero-order valence-corrected chi connectivity index (χ0v) is 9.52. The first-order chi connectivity index (χ1) is 5.91. The lowest BCUT2D eigenvalue weighted by molar-refractivity contribution is -0.119. The molecule has 0 aromatic carbocycles. The van der Waals surface area contributed by atoms with Crippen molar-refractivity contribution in [2.75, 3.05) is 0 Å². The van der Waals surface area contributed by atoms with Crippen LogP contribution in [0.2, 0.25) is 0 Å². The molecular formula is C11H22O2. The maximum atomic E-state index is 10.2. The largest absolute Gasteiger partial charge is 0.300 e. The molecule has 0 unspecified atom stereocenters. The molecule has 0 aromatic rings. The molecule has 0 aliphatic heterocycles. The third-order valence-electron chi connectivity index (χ3n) is 1.70. The molecule has 0 radical (unpaired) electrons. The molecule has 0 N–H and O–H groups in total. The van der Waals surface area contributed by atoms with Crippen LogP contribution in [0.4, 0.5) is 0 Å². The Morgan fingerprint density at radius 2 is 1.54 bits per heavy atom. The minimum absolute atomic E-state index is 0.213. The minimum atomic E-state index is 0.213. The second-order valence-electron chi connectivity index (χ2n) is 3.57. The van der Waals surface area contributed by atoms with Crippen molar-refractivity contribution < 1.29 is 9.59 Å².